The van der Waals surface area contributed by atoms with Crippen molar-refractivity contribution in [1.82, 2.24) is 5.32 Å². The maximum Gasteiger partial charge on any atom is 0.207 e. The van der Waals surface area contributed by atoms with Crippen LogP contribution in [0.4, 0.5) is 0 Å². The van der Waals surface area contributed by atoms with Gasteiger partial charge in [-0.2, -0.15) is 0 Å². The molecule has 0 radical (unpaired) electrons. The minimum Gasteiger partial charge on any atom is -0.352 e. The molecule has 0 bridgehead atoms. The second-order valence-electron chi connectivity index (χ2n) is 4.70. The van der Waals surface area contributed by atoms with Crippen molar-refractivity contribution in [3.05, 3.63) is 34.4 Å². The van der Waals surface area contributed by atoms with Crippen molar-refractivity contribution in [2.45, 2.75) is 53.0 Å². The Morgan fingerprint density at radius 2 is 1.94 bits per heavy atom. The van der Waals surface area contributed by atoms with Crippen LogP contribution in [0.3, 0.4) is 0 Å². The van der Waals surface area contributed by atoms with E-state index >= 15 is 0 Å². The van der Waals surface area contributed by atoms with E-state index in [0.717, 1.165) is 25.7 Å². The molecule has 0 aromatic heterocycles. The highest BCUT2D eigenvalue weighted by Crippen LogP contribution is 2.26. The Bertz CT molecular complexity index is 385. The van der Waals surface area contributed by atoms with Crippen LogP contribution < -0.4 is 5.32 Å². The minimum atomic E-state index is 0.159. The molecule has 1 aromatic carbocycles. The van der Waals surface area contributed by atoms with Crippen molar-refractivity contribution in [3.63, 3.8) is 0 Å². The Labute approximate surface area is 104 Å². The van der Waals surface area contributed by atoms with Crippen LogP contribution >= 0.6 is 0 Å². The van der Waals surface area contributed by atoms with E-state index in [1.807, 2.05) is 0 Å². The lowest BCUT2D eigenvalue weighted by molar-refractivity contribution is -0.110. The lowest BCUT2D eigenvalue weighted by Gasteiger charge is -2.20. The summed E-state index contributed by atoms with van der Waals surface area (Å²) in [5, 5.41) is 2.94. The molecule has 2 nitrogen and oxygen atoms in total. The van der Waals surface area contributed by atoms with Crippen molar-refractivity contribution in [1.29, 1.82) is 0 Å². The summed E-state index contributed by atoms with van der Waals surface area (Å²) in [7, 11) is 0. The average molecular weight is 233 g/mol. The van der Waals surface area contributed by atoms with Gasteiger partial charge in [0.05, 0.1) is 6.04 Å². The van der Waals surface area contributed by atoms with E-state index in [-0.39, 0.29) is 6.04 Å². The zero-order chi connectivity index (χ0) is 12.8. The van der Waals surface area contributed by atoms with E-state index in [4.69, 9.17) is 0 Å². The fourth-order valence-electron chi connectivity index (χ4n) is 2.17. The molecule has 17 heavy (non-hydrogen) atoms. The molecule has 0 spiro atoms. The molecule has 1 unspecified atom stereocenters. The highest BCUT2D eigenvalue weighted by atomic mass is 16.1. The number of carbonyl (C=O) groups excluding carboxylic acids is 1. The molecule has 0 aliphatic rings. The third-order valence-electron chi connectivity index (χ3n) is 3.59. The maximum atomic E-state index is 10.7. The molecule has 0 saturated heterocycles. The smallest absolute Gasteiger partial charge is 0.207 e. The molecule has 1 N–H and O–H groups in total. The predicted octanol–water partition coefficient (Wildman–Crippen LogP) is 3.59. The van der Waals surface area contributed by atoms with E-state index in [9.17, 15) is 4.79 Å². The summed E-state index contributed by atoms with van der Waals surface area (Å²) < 4.78 is 0. The van der Waals surface area contributed by atoms with Crippen LogP contribution in [-0.4, -0.2) is 6.41 Å². The highest BCUT2D eigenvalue weighted by Gasteiger charge is 2.14. The van der Waals surface area contributed by atoms with Gasteiger partial charge in [0.25, 0.3) is 0 Å². The van der Waals surface area contributed by atoms with Crippen LogP contribution in [0.5, 0.6) is 0 Å². The number of rotatable bonds is 6. The van der Waals surface area contributed by atoms with Crippen LogP contribution in [0.1, 0.15) is 54.5 Å². The van der Waals surface area contributed by atoms with Crippen LogP contribution in [0.15, 0.2) is 12.1 Å². The SMILES string of the molecule is CCCCC(NC=O)c1ccc(C)c(C)c1C. The summed E-state index contributed by atoms with van der Waals surface area (Å²) in [5.74, 6) is 0. The molecular formula is C15H23NO. The Morgan fingerprint density at radius 1 is 1.24 bits per heavy atom. The first-order valence-electron chi connectivity index (χ1n) is 6.38. The third kappa shape index (κ3) is 3.32. The first-order valence-corrected chi connectivity index (χ1v) is 6.38. The van der Waals surface area contributed by atoms with Gasteiger partial charge in [0.1, 0.15) is 0 Å². The second-order valence-corrected chi connectivity index (χ2v) is 4.70. The van der Waals surface area contributed by atoms with Crippen molar-refractivity contribution in [2.24, 2.45) is 0 Å². The van der Waals surface area contributed by atoms with Crippen molar-refractivity contribution in [3.8, 4) is 0 Å². The number of benzene rings is 1. The molecule has 1 rings (SSSR count). The molecule has 0 aliphatic heterocycles. The largest absolute Gasteiger partial charge is 0.352 e. The first kappa shape index (κ1) is 13.8. The van der Waals surface area contributed by atoms with Crippen LogP contribution in [-0.2, 0) is 4.79 Å². The molecule has 1 amide bonds. The summed E-state index contributed by atoms with van der Waals surface area (Å²) in [6.07, 6.45) is 4.12. The summed E-state index contributed by atoms with van der Waals surface area (Å²) in [6, 6.07) is 4.45. The van der Waals surface area contributed by atoms with E-state index in [0.29, 0.717) is 0 Å². The lowest BCUT2D eigenvalue weighted by Crippen LogP contribution is -2.20. The molecule has 2 heteroatoms. The topological polar surface area (TPSA) is 29.1 Å². The normalized spacial score (nSPS) is 12.2. The summed E-state index contributed by atoms with van der Waals surface area (Å²) in [5.41, 5.74) is 5.21. The van der Waals surface area contributed by atoms with Crippen molar-refractivity contribution < 1.29 is 4.79 Å². The Morgan fingerprint density at radius 3 is 2.53 bits per heavy atom. The van der Waals surface area contributed by atoms with Crippen LogP contribution in [0.25, 0.3) is 0 Å². The van der Waals surface area contributed by atoms with Gasteiger partial charge in [-0.05, 0) is 49.4 Å². The van der Waals surface area contributed by atoms with Gasteiger partial charge in [0.15, 0.2) is 0 Å². The Hall–Kier alpha value is -1.31. The number of nitrogens with one attached hydrogen (secondary N) is 1. The standard InChI is InChI=1S/C15H23NO/c1-5-6-7-15(16-10-17)14-9-8-11(2)12(3)13(14)4/h8-10,15H,5-7H2,1-4H3,(H,16,17). The fourth-order valence-corrected chi connectivity index (χ4v) is 2.17. The quantitative estimate of drug-likeness (QED) is 0.747. The molecule has 94 valence electrons. The van der Waals surface area contributed by atoms with Gasteiger partial charge in [0.2, 0.25) is 6.41 Å². The fraction of sp³-hybridized carbons (Fsp3) is 0.533. The van der Waals surface area contributed by atoms with Gasteiger partial charge < -0.3 is 5.32 Å². The molecular weight excluding hydrogens is 210 g/mol. The summed E-state index contributed by atoms with van der Waals surface area (Å²) in [6.45, 7) is 8.58. The van der Waals surface area contributed by atoms with Crippen LogP contribution in [0.2, 0.25) is 0 Å². The number of aryl methyl sites for hydroxylation is 1. The van der Waals surface area contributed by atoms with Gasteiger partial charge in [-0.15, -0.1) is 0 Å². The van der Waals surface area contributed by atoms with Crippen molar-refractivity contribution >= 4 is 6.41 Å². The highest BCUT2D eigenvalue weighted by molar-refractivity contribution is 5.49. The Balaban J connectivity index is 3.00. The number of hydrogen-bond donors (Lipinski definition) is 1. The Kier molecular flexibility index (Phi) is 5.20. The zero-order valence-corrected chi connectivity index (χ0v) is 11.3. The second kappa shape index (κ2) is 6.43. The van der Waals surface area contributed by atoms with E-state index < -0.39 is 0 Å². The van der Waals surface area contributed by atoms with E-state index in [1.54, 1.807) is 0 Å². The van der Waals surface area contributed by atoms with Gasteiger partial charge in [0, 0.05) is 0 Å². The third-order valence-corrected chi connectivity index (χ3v) is 3.59. The first-order chi connectivity index (χ1) is 8.11. The zero-order valence-electron chi connectivity index (χ0n) is 11.3. The monoisotopic (exact) mass is 233 g/mol. The average Bonchev–Trinajstić information content (AvgIpc) is 2.32. The maximum absolute atomic E-state index is 10.7. The van der Waals surface area contributed by atoms with Crippen molar-refractivity contribution in [2.75, 3.05) is 0 Å². The minimum absolute atomic E-state index is 0.159. The van der Waals surface area contributed by atoms with Gasteiger partial charge >= 0.3 is 0 Å². The predicted molar refractivity (Wildman–Crippen MR) is 72.1 cm³/mol. The van der Waals surface area contributed by atoms with Crippen LogP contribution in [0, 0.1) is 20.8 Å². The summed E-state index contributed by atoms with van der Waals surface area (Å²) >= 11 is 0. The van der Waals surface area contributed by atoms with Gasteiger partial charge in [-0.1, -0.05) is 31.9 Å². The number of hydrogen-bond acceptors (Lipinski definition) is 1. The number of carbonyl (C=O) groups is 1. The lowest BCUT2D eigenvalue weighted by atomic mass is 9.92. The van der Waals surface area contributed by atoms with Gasteiger partial charge in [-0.3, -0.25) is 4.79 Å². The number of amides is 1. The van der Waals surface area contributed by atoms with E-state index in [2.05, 4.69) is 45.1 Å². The molecule has 0 fully saturated rings. The van der Waals surface area contributed by atoms with Gasteiger partial charge in [-0.25, -0.2) is 0 Å². The van der Waals surface area contributed by atoms with E-state index in [1.165, 1.54) is 22.3 Å². The molecule has 1 aromatic rings. The molecule has 0 aliphatic carbocycles. The molecule has 1 atom stereocenters. The summed E-state index contributed by atoms with van der Waals surface area (Å²) in [4.78, 5) is 10.7. The molecule has 0 saturated carbocycles. The molecule has 0 heterocycles. The number of unbranched alkanes of at least 4 members (excludes halogenated alkanes) is 1.